The molecule has 19 heavy (non-hydrogen) atoms. The third-order valence-electron chi connectivity index (χ3n) is 3.12. The molecule has 0 atom stereocenters. The molecule has 0 unspecified atom stereocenters. The van der Waals surface area contributed by atoms with Gasteiger partial charge in [0.2, 0.25) is 5.91 Å². The lowest BCUT2D eigenvalue weighted by Gasteiger charge is -2.14. The second-order valence-electron chi connectivity index (χ2n) is 4.65. The molecule has 0 spiro atoms. The number of rotatable bonds is 5. The Morgan fingerprint density at radius 3 is 3.00 bits per heavy atom. The van der Waals surface area contributed by atoms with Gasteiger partial charge in [-0.25, -0.2) is 0 Å². The zero-order chi connectivity index (χ0) is 13.5. The third kappa shape index (κ3) is 4.73. The number of benzene rings is 1. The standard InChI is InChI=1S/C15H20N2OS/c1-12-4-2-3-5-14(12)19-11-15(18)17-10-13-6-8-16-9-7-13/h2-6,16H,7-11H2,1H3,(H,17,18). The largest absolute Gasteiger partial charge is 0.352 e. The molecule has 0 aromatic heterocycles. The molecule has 3 nitrogen and oxygen atoms in total. The van der Waals surface area contributed by atoms with Gasteiger partial charge >= 0.3 is 0 Å². The van der Waals surface area contributed by atoms with Gasteiger partial charge in [-0.15, -0.1) is 11.8 Å². The van der Waals surface area contributed by atoms with Crippen LogP contribution in [0.3, 0.4) is 0 Å². The Kier molecular flexibility index (Phi) is 5.48. The predicted molar refractivity (Wildman–Crippen MR) is 80.5 cm³/mol. The summed E-state index contributed by atoms with van der Waals surface area (Å²) >= 11 is 1.60. The summed E-state index contributed by atoms with van der Waals surface area (Å²) in [6.07, 6.45) is 3.20. The van der Waals surface area contributed by atoms with Crippen LogP contribution in [-0.4, -0.2) is 31.3 Å². The van der Waals surface area contributed by atoms with Gasteiger partial charge in [0.25, 0.3) is 0 Å². The molecule has 102 valence electrons. The lowest BCUT2D eigenvalue weighted by molar-refractivity contribution is -0.118. The summed E-state index contributed by atoms with van der Waals surface area (Å²) in [6.45, 7) is 4.69. The minimum atomic E-state index is 0.104. The highest BCUT2D eigenvalue weighted by Crippen LogP contribution is 2.21. The van der Waals surface area contributed by atoms with Crippen LogP contribution < -0.4 is 10.6 Å². The predicted octanol–water partition coefficient (Wildman–Crippen LogP) is 2.12. The van der Waals surface area contributed by atoms with Crippen molar-refractivity contribution in [3.8, 4) is 0 Å². The SMILES string of the molecule is Cc1ccccc1SCC(=O)NCC1=CCNCC1. The fourth-order valence-corrected chi connectivity index (χ4v) is 2.81. The molecule has 1 aromatic rings. The molecule has 2 N–H and O–H groups in total. The quantitative estimate of drug-likeness (QED) is 0.639. The Morgan fingerprint density at radius 1 is 1.42 bits per heavy atom. The van der Waals surface area contributed by atoms with E-state index in [0.29, 0.717) is 12.3 Å². The molecule has 0 bridgehead atoms. The smallest absolute Gasteiger partial charge is 0.230 e. The molecule has 1 aliphatic heterocycles. The molecule has 0 saturated heterocycles. The summed E-state index contributed by atoms with van der Waals surface area (Å²) in [5.74, 6) is 0.587. The van der Waals surface area contributed by atoms with Crippen molar-refractivity contribution in [2.24, 2.45) is 0 Å². The van der Waals surface area contributed by atoms with Crippen molar-refractivity contribution < 1.29 is 4.79 Å². The van der Waals surface area contributed by atoms with Crippen molar-refractivity contribution in [2.75, 3.05) is 25.4 Å². The van der Waals surface area contributed by atoms with Crippen LogP contribution in [0.2, 0.25) is 0 Å². The normalized spacial score (nSPS) is 14.9. The minimum absolute atomic E-state index is 0.104. The number of aryl methyl sites for hydroxylation is 1. The summed E-state index contributed by atoms with van der Waals surface area (Å²) in [4.78, 5) is 13.0. The van der Waals surface area contributed by atoms with Crippen LogP contribution in [0.5, 0.6) is 0 Å². The van der Waals surface area contributed by atoms with E-state index in [1.165, 1.54) is 16.0 Å². The van der Waals surface area contributed by atoms with E-state index in [2.05, 4.69) is 35.8 Å². The fraction of sp³-hybridized carbons (Fsp3) is 0.400. The minimum Gasteiger partial charge on any atom is -0.352 e. The number of hydrogen-bond donors (Lipinski definition) is 2. The topological polar surface area (TPSA) is 41.1 Å². The number of nitrogens with one attached hydrogen (secondary N) is 2. The first-order valence-electron chi connectivity index (χ1n) is 6.59. The van der Waals surface area contributed by atoms with Crippen molar-refractivity contribution in [1.82, 2.24) is 10.6 Å². The molecule has 4 heteroatoms. The molecule has 1 aliphatic rings. The van der Waals surface area contributed by atoms with Crippen LogP contribution in [0.25, 0.3) is 0 Å². The van der Waals surface area contributed by atoms with E-state index in [9.17, 15) is 4.79 Å². The van der Waals surface area contributed by atoms with Gasteiger partial charge in [0, 0.05) is 18.0 Å². The van der Waals surface area contributed by atoms with E-state index in [0.717, 1.165) is 19.5 Å². The molecule has 1 aromatic carbocycles. The molecule has 1 amide bonds. The van der Waals surface area contributed by atoms with Crippen LogP contribution >= 0.6 is 11.8 Å². The van der Waals surface area contributed by atoms with Gasteiger partial charge in [0.05, 0.1) is 5.75 Å². The Morgan fingerprint density at radius 2 is 2.26 bits per heavy atom. The Bertz CT molecular complexity index is 471. The van der Waals surface area contributed by atoms with Crippen LogP contribution in [-0.2, 0) is 4.79 Å². The lowest BCUT2D eigenvalue weighted by Crippen LogP contribution is -2.30. The maximum atomic E-state index is 11.8. The van der Waals surface area contributed by atoms with Crippen molar-refractivity contribution in [2.45, 2.75) is 18.2 Å². The van der Waals surface area contributed by atoms with Gasteiger partial charge in [0.1, 0.15) is 0 Å². The lowest BCUT2D eigenvalue weighted by atomic mass is 10.1. The number of amides is 1. The van der Waals surface area contributed by atoms with E-state index < -0.39 is 0 Å². The molecular formula is C15H20N2OS. The van der Waals surface area contributed by atoms with Gasteiger partial charge in [-0.3, -0.25) is 4.79 Å². The summed E-state index contributed by atoms with van der Waals surface area (Å²) in [5, 5.41) is 6.25. The van der Waals surface area contributed by atoms with Crippen molar-refractivity contribution in [1.29, 1.82) is 0 Å². The second kappa shape index (κ2) is 7.36. The molecule has 0 fully saturated rings. The van der Waals surface area contributed by atoms with E-state index in [-0.39, 0.29) is 5.91 Å². The molecule has 1 heterocycles. The van der Waals surface area contributed by atoms with E-state index in [1.54, 1.807) is 11.8 Å². The van der Waals surface area contributed by atoms with Crippen LogP contribution in [0.1, 0.15) is 12.0 Å². The Balaban J connectivity index is 1.73. The summed E-state index contributed by atoms with van der Waals surface area (Å²) < 4.78 is 0. The third-order valence-corrected chi connectivity index (χ3v) is 4.30. The number of thioether (sulfide) groups is 1. The van der Waals surface area contributed by atoms with Crippen molar-refractivity contribution >= 4 is 17.7 Å². The average Bonchev–Trinajstić information content (AvgIpc) is 2.45. The van der Waals surface area contributed by atoms with E-state index in [4.69, 9.17) is 0 Å². The van der Waals surface area contributed by atoms with E-state index in [1.807, 2.05) is 12.1 Å². The Labute approximate surface area is 118 Å². The number of hydrogen-bond acceptors (Lipinski definition) is 3. The van der Waals surface area contributed by atoms with E-state index >= 15 is 0 Å². The molecule has 2 rings (SSSR count). The highest BCUT2D eigenvalue weighted by atomic mass is 32.2. The molecule has 0 aliphatic carbocycles. The zero-order valence-electron chi connectivity index (χ0n) is 11.2. The van der Waals surface area contributed by atoms with Crippen molar-refractivity contribution in [3.63, 3.8) is 0 Å². The summed E-state index contributed by atoms with van der Waals surface area (Å²) in [5.41, 5.74) is 2.55. The van der Waals surface area contributed by atoms with Crippen LogP contribution in [0.4, 0.5) is 0 Å². The molecule has 0 saturated carbocycles. The maximum Gasteiger partial charge on any atom is 0.230 e. The maximum absolute atomic E-state index is 11.8. The molecular weight excluding hydrogens is 256 g/mol. The average molecular weight is 276 g/mol. The van der Waals surface area contributed by atoms with Crippen LogP contribution in [0, 0.1) is 6.92 Å². The zero-order valence-corrected chi connectivity index (χ0v) is 12.1. The highest BCUT2D eigenvalue weighted by molar-refractivity contribution is 8.00. The van der Waals surface area contributed by atoms with Gasteiger partial charge in [-0.1, -0.05) is 29.8 Å². The fourth-order valence-electron chi connectivity index (χ4n) is 1.95. The number of carbonyl (C=O) groups is 1. The monoisotopic (exact) mass is 276 g/mol. The first-order valence-corrected chi connectivity index (χ1v) is 7.58. The first kappa shape index (κ1) is 14.2. The van der Waals surface area contributed by atoms with Gasteiger partial charge in [-0.2, -0.15) is 0 Å². The van der Waals surface area contributed by atoms with Crippen LogP contribution in [0.15, 0.2) is 40.8 Å². The second-order valence-corrected chi connectivity index (χ2v) is 5.66. The summed E-state index contributed by atoms with van der Waals surface area (Å²) in [6, 6.07) is 8.15. The van der Waals surface area contributed by atoms with Gasteiger partial charge in [0.15, 0.2) is 0 Å². The first-order chi connectivity index (χ1) is 9.25. The van der Waals surface area contributed by atoms with Gasteiger partial charge < -0.3 is 10.6 Å². The number of carbonyl (C=O) groups excluding carboxylic acids is 1. The Hall–Kier alpha value is -1.26. The highest BCUT2D eigenvalue weighted by Gasteiger charge is 2.07. The van der Waals surface area contributed by atoms with Gasteiger partial charge in [-0.05, 0) is 31.5 Å². The molecule has 0 radical (unpaired) electrons. The van der Waals surface area contributed by atoms with Crippen molar-refractivity contribution in [3.05, 3.63) is 41.5 Å². The summed E-state index contributed by atoms with van der Waals surface area (Å²) in [7, 11) is 0.